The van der Waals surface area contributed by atoms with Gasteiger partial charge in [-0.1, -0.05) is 34.6 Å². The third-order valence-corrected chi connectivity index (χ3v) is 5.57. The molecule has 1 amide bonds. The molecule has 0 radical (unpaired) electrons. The highest BCUT2D eigenvalue weighted by Crippen LogP contribution is 2.34. The second-order valence-corrected chi connectivity index (χ2v) is 7.86. The van der Waals surface area contributed by atoms with Crippen LogP contribution in [0.4, 0.5) is 5.13 Å². The van der Waals surface area contributed by atoms with Crippen LogP contribution in [-0.4, -0.2) is 16.1 Å². The van der Waals surface area contributed by atoms with Gasteiger partial charge in [0, 0.05) is 11.1 Å². The number of hydrogen-bond donors (Lipinski definition) is 1. The van der Waals surface area contributed by atoms with Crippen LogP contribution in [0.25, 0.3) is 10.6 Å². The second kappa shape index (κ2) is 7.00. The summed E-state index contributed by atoms with van der Waals surface area (Å²) in [5.41, 5.74) is 8.76. The minimum Gasteiger partial charge on any atom is -0.296 e. The van der Waals surface area contributed by atoms with E-state index >= 15 is 0 Å². The normalized spacial score (nSPS) is 10.8. The fourth-order valence-corrected chi connectivity index (χ4v) is 4.09. The zero-order chi connectivity index (χ0) is 19.0. The maximum atomic E-state index is 12.5. The molecule has 0 fully saturated rings. The van der Waals surface area contributed by atoms with E-state index in [-0.39, 0.29) is 5.91 Å². The van der Waals surface area contributed by atoms with Gasteiger partial charge in [0.2, 0.25) is 5.13 Å². The average molecular weight is 366 g/mol. The van der Waals surface area contributed by atoms with Crippen LogP contribution >= 0.6 is 11.3 Å². The van der Waals surface area contributed by atoms with Gasteiger partial charge in [0.05, 0.1) is 0 Å². The number of nitrogens with one attached hydrogen (secondary N) is 1. The first kappa shape index (κ1) is 18.3. The summed E-state index contributed by atoms with van der Waals surface area (Å²) in [4.78, 5) is 12.5. The standard InChI is InChI=1S/C21H23N3OS/c1-11-7-12(2)9-17(8-11)19(25)22-21-24-23-20(26-21)18-15(5)13(3)10-14(4)16(18)6/h7-10H,1-6H3,(H,22,24,25). The largest absolute Gasteiger partial charge is 0.296 e. The minimum absolute atomic E-state index is 0.159. The molecular formula is C21H23N3OS. The number of aryl methyl sites for hydroxylation is 4. The van der Waals surface area contributed by atoms with E-state index in [2.05, 4.69) is 49.3 Å². The summed E-state index contributed by atoms with van der Waals surface area (Å²) < 4.78 is 0. The zero-order valence-electron chi connectivity index (χ0n) is 16.0. The Hall–Kier alpha value is -2.53. The molecule has 1 N–H and O–H groups in total. The number of carbonyl (C=O) groups is 1. The van der Waals surface area contributed by atoms with Crippen molar-refractivity contribution in [3.8, 4) is 10.6 Å². The summed E-state index contributed by atoms with van der Waals surface area (Å²) in [6, 6.07) is 7.99. The molecule has 0 bridgehead atoms. The first-order valence-corrected chi connectivity index (χ1v) is 9.39. The molecule has 1 heterocycles. The Morgan fingerprint density at radius 2 is 1.42 bits per heavy atom. The smallest absolute Gasteiger partial charge is 0.257 e. The monoisotopic (exact) mass is 365 g/mol. The van der Waals surface area contributed by atoms with Crippen LogP contribution < -0.4 is 5.32 Å². The van der Waals surface area contributed by atoms with Crippen LogP contribution in [0.15, 0.2) is 24.3 Å². The lowest BCUT2D eigenvalue weighted by molar-refractivity contribution is 0.102. The summed E-state index contributed by atoms with van der Waals surface area (Å²) in [7, 11) is 0. The number of amides is 1. The highest BCUT2D eigenvalue weighted by molar-refractivity contribution is 7.18. The second-order valence-electron chi connectivity index (χ2n) is 6.88. The van der Waals surface area contributed by atoms with Crippen molar-refractivity contribution < 1.29 is 4.79 Å². The first-order chi connectivity index (χ1) is 12.3. The highest BCUT2D eigenvalue weighted by Gasteiger charge is 2.16. The third-order valence-electron chi connectivity index (χ3n) is 4.71. The molecule has 3 rings (SSSR count). The van der Waals surface area contributed by atoms with E-state index in [0.29, 0.717) is 10.7 Å². The quantitative estimate of drug-likeness (QED) is 0.684. The summed E-state index contributed by atoms with van der Waals surface area (Å²) in [5.74, 6) is -0.159. The number of hydrogen-bond acceptors (Lipinski definition) is 4. The molecule has 0 saturated carbocycles. The fraction of sp³-hybridized carbons (Fsp3) is 0.286. The van der Waals surface area contributed by atoms with Gasteiger partial charge in [-0.2, -0.15) is 0 Å². The predicted molar refractivity (Wildman–Crippen MR) is 108 cm³/mol. The van der Waals surface area contributed by atoms with E-state index in [0.717, 1.165) is 21.7 Å². The Morgan fingerprint density at radius 1 is 0.846 bits per heavy atom. The molecule has 0 aliphatic carbocycles. The van der Waals surface area contributed by atoms with Crippen LogP contribution in [0.3, 0.4) is 0 Å². The Morgan fingerprint density at radius 3 is 2.00 bits per heavy atom. The van der Waals surface area contributed by atoms with Crippen molar-refractivity contribution in [3.63, 3.8) is 0 Å². The molecule has 0 spiro atoms. The molecule has 3 aromatic rings. The molecule has 0 saturated heterocycles. The predicted octanol–water partition coefficient (Wildman–Crippen LogP) is 5.31. The Bertz CT molecular complexity index is 958. The van der Waals surface area contributed by atoms with Crippen LogP contribution in [-0.2, 0) is 0 Å². The van der Waals surface area contributed by atoms with Crippen molar-refractivity contribution in [1.82, 2.24) is 10.2 Å². The van der Waals surface area contributed by atoms with Crippen molar-refractivity contribution in [2.45, 2.75) is 41.5 Å². The van der Waals surface area contributed by atoms with E-state index in [9.17, 15) is 4.79 Å². The van der Waals surface area contributed by atoms with Crippen molar-refractivity contribution in [3.05, 3.63) is 63.2 Å². The Labute approximate surface area is 158 Å². The molecule has 2 aromatic carbocycles. The van der Waals surface area contributed by atoms with Crippen LogP contribution in [0.2, 0.25) is 0 Å². The van der Waals surface area contributed by atoms with Gasteiger partial charge in [0.1, 0.15) is 5.01 Å². The van der Waals surface area contributed by atoms with Gasteiger partial charge in [-0.3, -0.25) is 10.1 Å². The lowest BCUT2D eigenvalue weighted by Crippen LogP contribution is -2.12. The minimum atomic E-state index is -0.159. The zero-order valence-corrected chi connectivity index (χ0v) is 16.8. The molecule has 0 aliphatic rings. The van der Waals surface area contributed by atoms with Gasteiger partial charge in [-0.05, 0) is 75.9 Å². The van der Waals surface area contributed by atoms with Gasteiger partial charge in [-0.15, -0.1) is 10.2 Å². The maximum Gasteiger partial charge on any atom is 0.257 e. The summed E-state index contributed by atoms with van der Waals surface area (Å²) in [6.07, 6.45) is 0. The first-order valence-electron chi connectivity index (χ1n) is 8.57. The number of rotatable bonds is 3. The number of aromatic nitrogens is 2. The van der Waals surface area contributed by atoms with Gasteiger partial charge in [-0.25, -0.2) is 0 Å². The SMILES string of the molecule is Cc1cc(C)cc(C(=O)Nc2nnc(-c3c(C)c(C)cc(C)c3C)s2)c1. The van der Waals surface area contributed by atoms with E-state index < -0.39 is 0 Å². The number of carbonyl (C=O) groups excluding carboxylic acids is 1. The third kappa shape index (κ3) is 3.53. The van der Waals surface area contributed by atoms with Crippen LogP contribution in [0, 0.1) is 41.5 Å². The highest BCUT2D eigenvalue weighted by atomic mass is 32.1. The van der Waals surface area contributed by atoms with Crippen LogP contribution in [0.1, 0.15) is 43.7 Å². The summed E-state index contributed by atoms with van der Waals surface area (Å²) in [6.45, 7) is 12.4. The number of nitrogens with zero attached hydrogens (tertiary/aromatic N) is 2. The van der Waals surface area contributed by atoms with E-state index in [1.54, 1.807) is 0 Å². The molecule has 134 valence electrons. The molecule has 26 heavy (non-hydrogen) atoms. The Balaban J connectivity index is 1.91. The van der Waals surface area contributed by atoms with Gasteiger partial charge in [0.15, 0.2) is 0 Å². The average Bonchev–Trinajstić information content (AvgIpc) is 3.00. The lowest BCUT2D eigenvalue weighted by Gasteiger charge is -2.12. The van der Waals surface area contributed by atoms with E-state index in [4.69, 9.17) is 0 Å². The molecule has 0 atom stereocenters. The molecule has 5 heteroatoms. The Kier molecular flexibility index (Phi) is 4.92. The molecular weight excluding hydrogens is 342 g/mol. The van der Waals surface area contributed by atoms with Gasteiger partial charge >= 0.3 is 0 Å². The van der Waals surface area contributed by atoms with Crippen molar-refractivity contribution in [2.24, 2.45) is 0 Å². The lowest BCUT2D eigenvalue weighted by atomic mass is 9.95. The molecule has 1 aromatic heterocycles. The van der Waals surface area contributed by atoms with Gasteiger partial charge in [0.25, 0.3) is 5.91 Å². The molecule has 0 unspecified atom stereocenters. The topological polar surface area (TPSA) is 54.9 Å². The van der Waals surface area contributed by atoms with Gasteiger partial charge < -0.3 is 0 Å². The fourth-order valence-electron chi connectivity index (χ4n) is 3.19. The number of benzene rings is 2. The van der Waals surface area contributed by atoms with Crippen LogP contribution in [0.5, 0.6) is 0 Å². The van der Waals surface area contributed by atoms with Crippen molar-refractivity contribution in [1.29, 1.82) is 0 Å². The molecule has 0 aliphatic heterocycles. The van der Waals surface area contributed by atoms with Crippen molar-refractivity contribution >= 4 is 22.4 Å². The molecule has 4 nitrogen and oxygen atoms in total. The van der Waals surface area contributed by atoms with Crippen molar-refractivity contribution in [2.75, 3.05) is 5.32 Å². The maximum absolute atomic E-state index is 12.5. The van der Waals surface area contributed by atoms with E-state index in [1.165, 1.54) is 33.6 Å². The van der Waals surface area contributed by atoms with E-state index in [1.807, 2.05) is 32.0 Å². The number of anilines is 1. The summed E-state index contributed by atoms with van der Waals surface area (Å²) >= 11 is 1.41. The summed E-state index contributed by atoms with van der Waals surface area (Å²) in [5, 5.41) is 12.7.